The molecule has 2 aromatic carbocycles. The molecule has 2 aliphatic heterocycles. The quantitative estimate of drug-likeness (QED) is 0.633. The van der Waals surface area contributed by atoms with Crippen LogP contribution < -0.4 is 9.80 Å². The highest BCUT2D eigenvalue weighted by Crippen LogP contribution is 2.34. The predicted molar refractivity (Wildman–Crippen MR) is 137 cm³/mol. The molecule has 1 saturated heterocycles. The maximum atomic E-state index is 13.2. The van der Waals surface area contributed by atoms with Gasteiger partial charge in [0, 0.05) is 57.6 Å². The fourth-order valence-corrected chi connectivity index (χ4v) is 6.25. The highest BCUT2D eigenvalue weighted by Gasteiger charge is 2.32. The van der Waals surface area contributed by atoms with Crippen LogP contribution in [-0.2, 0) is 26.0 Å². The maximum absolute atomic E-state index is 13.2. The zero-order valence-corrected chi connectivity index (χ0v) is 21.9. The van der Waals surface area contributed by atoms with Gasteiger partial charge < -0.3 is 14.7 Å². The van der Waals surface area contributed by atoms with Crippen LogP contribution in [0.25, 0.3) is 0 Å². The summed E-state index contributed by atoms with van der Waals surface area (Å²) in [6.45, 7) is 9.98. The minimum atomic E-state index is -3.84. The molecule has 1 fully saturated rings. The van der Waals surface area contributed by atoms with Crippen LogP contribution in [0.2, 0.25) is 0 Å². The molecule has 0 saturated carbocycles. The summed E-state index contributed by atoms with van der Waals surface area (Å²) in [5.74, 6) is -0.263. The molecule has 0 spiro atoms. The molecule has 1 atom stereocenters. The Hall–Kier alpha value is -2.91. The lowest BCUT2D eigenvalue weighted by Crippen LogP contribution is -2.51. The lowest BCUT2D eigenvalue weighted by molar-refractivity contribution is -0.131. The number of hydrogen-bond donors (Lipinski definition) is 0. The van der Waals surface area contributed by atoms with Crippen LogP contribution in [0.15, 0.2) is 41.3 Å². The first-order valence-corrected chi connectivity index (χ1v) is 13.4. The van der Waals surface area contributed by atoms with E-state index in [4.69, 9.17) is 0 Å². The van der Waals surface area contributed by atoms with Gasteiger partial charge in [-0.3, -0.25) is 9.59 Å². The first-order valence-electron chi connectivity index (χ1n) is 12.0. The molecule has 0 radical (unpaired) electrons. The summed E-state index contributed by atoms with van der Waals surface area (Å²) in [5.41, 5.74) is 5.25. The summed E-state index contributed by atoms with van der Waals surface area (Å²) in [7, 11) is -2.40. The van der Waals surface area contributed by atoms with Crippen LogP contribution in [0.5, 0.6) is 0 Å². The lowest BCUT2D eigenvalue weighted by Gasteiger charge is -2.37. The summed E-state index contributed by atoms with van der Waals surface area (Å²) in [6.07, 6.45) is 0.603. The van der Waals surface area contributed by atoms with Crippen molar-refractivity contribution in [1.29, 1.82) is 0 Å². The summed E-state index contributed by atoms with van der Waals surface area (Å²) in [5, 5.41) is 0. The largest absolute Gasteiger partial charge is 0.368 e. The van der Waals surface area contributed by atoms with Gasteiger partial charge in [-0.15, -0.1) is 0 Å². The summed E-state index contributed by atoms with van der Waals surface area (Å²) in [4.78, 5) is 30.8. The molecule has 0 aliphatic carbocycles. The standard InChI is InChI=1S/C26H34N4O4S/c1-18-7-6-8-24(20(18)3)28-11-13-29(14-12-28)26(32)17-27(5)35(33,34)23-9-10-25-22(16-23)15-19(2)30(25)21(4)31/h6-10,16,19H,11-15,17H2,1-5H3. The fourth-order valence-electron chi connectivity index (χ4n) is 5.08. The van der Waals surface area contributed by atoms with Crippen molar-refractivity contribution in [2.45, 2.75) is 45.1 Å². The van der Waals surface area contributed by atoms with Gasteiger partial charge in [0.1, 0.15) is 0 Å². The predicted octanol–water partition coefficient (Wildman–Crippen LogP) is 2.57. The highest BCUT2D eigenvalue weighted by atomic mass is 32.2. The zero-order valence-electron chi connectivity index (χ0n) is 21.1. The molecule has 35 heavy (non-hydrogen) atoms. The van der Waals surface area contributed by atoms with Crippen LogP contribution in [0.1, 0.15) is 30.5 Å². The summed E-state index contributed by atoms with van der Waals surface area (Å²) >= 11 is 0. The van der Waals surface area contributed by atoms with Crippen LogP contribution >= 0.6 is 0 Å². The van der Waals surface area contributed by atoms with Crippen molar-refractivity contribution < 1.29 is 18.0 Å². The Kier molecular flexibility index (Phi) is 6.92. The first kappa shape index (κ1) is 25.2. The van der Waals surface area contributed by atoms with Crippen molar-refractivity contribution in [1.82, 2.24) is 9.21 Å². The Bertz CT molecular complexity index is 1250. The normalized spacial score (nSPS) is 18.2. The summed E-state index contributed by atoms with van der Waals surface area (Å²) < 4.78 is 27.6. The average molecular weight is 499 g/mol. The lowest BCUT2D eigenvalue weighted by atomic mass is 10.1. The van der Waals surface area contributed by atoms with Crippen LogP contribution in [0.4, 0.5) is 11.4 Å². The topological polar surface area (TPSA) is 81.2 Å². The number of hydrogen-bond acceptors (Lipinski definition) is 5. The highest BCUT2D eigenvalue weighted by molar-refractivity contribution is 7.89. The monoisotopic (exact) mass is 498 g/mol. The van der Waals surface area contributed by atoms with Crippen molar-refractivity contribution in [3.63, 3.8) is 0 Å². The number of aryl methyl sites for hydroxylation is 1. The van der Waals surface area contributed by atoms with Gasteiger partial charge in [0.05, 0.1) is 11.4 Å². The number of rotatable bonds is 5. The maximum Gasteiger partial charge on any atom is 0.243 e. The molecular weight excluding hydrogens is 464 g/mol. The smallest absolute Gasteiger partial charge is 0.243 e. The second-order valence-corrected chi connectivity index (χ2v) is 11.6. The van der Waals surface area contributed by atoms with Crippen LogP contribution in [0, 0.1) is 13.8 Å². The van der Waals surface area contributed by atoms with E-state index >= 15 is 0 Å². The molecular formula is C26H34N4O4S. The molecule has 4 rings (SSSR count). The van der Waals surface area contributed by atoms with Crippen molar-refractivity contribution in [3.05, 3.63) is 53.1 Å². The number of piperazine rings is 1. The molecule has 0 bridgehead atoms. The van der Waals surface area contributed by atoms with E-state index in [1.165, 1.54) is 36.9 Å². The van der Waals surface area contributed by atoms with Gasteiger partial charge in [0.25, 0.3) is 0 Å². The van der Waals surface area contributed by atoms with E-state index in [0.29, 0.717) is 32.6 Å². The third-order valence-corrected chi connectivity index (χ3v) is 9.02. The Morgan fingerprint density at radius 2 is 1.71 bits per heavy atom. The number of nitrogens with zero attached hydrogens (tertiary/aromatic N) is 4. The molecule has 2 aromatic rings. The van der Waals surface area contributed by atoms with Gasteiger partial charge in [0.15, 0.2) is 0 Å². The van der Waals surface area contributed by atoms with Gasteiger partial charge >= 0.3 is 0 Å². The number of fused-ring (bicyclic) bond motifs is 1. The molecule has 1 unspecified atom stereocenters. The van der Waals surface area contributed by atoms with Gasteiger partial charge in [-0.05, 0) is 68.1 Å². The van der Waals surface area contributed by atoms with Gasteiger partial charge in [0.2, 0.25) is 21.8 Å². The molecule has 0 aromatic heterocycles. The van der Waals surface area contributed by atoms with Crippen LogP contribution in [-0.4, -0.2) is 75.3 Å². The van der Waals surface area contributed by atoms with E-state index in [0.717, 1.165) is 15.6 Å². The molecule has 9 heteroatoms. The van der Waals surface area contributed by atoms with Gasteiger partial charge in [-0.25, -0.2) is 8.42 Å². The van der Waals surface area contributed by atoms with E-state index in [1.54, 1.807) is 21.9 Å². The molecule has 0 N–H and O–H groups in total. The van der Waals surface area contributed by atoms with E-state index in [1.807, 2.05) is 13.0 Å². The number of amides is 2. The molecule has 2 amide bonds. The second-order valence-electron chi connectivity index (χ2n) is 9.58. The van der Waals surface area contributed by atoms with E-state index in [9.17, 15) is 18.0 Å². The molecule has 8 nitrogen and oxygen atoms in total. The fraction of sp³-hybridized carbons (Fsp3) is 0.462. The number of benzene rings is 2. The zero-order chi connectivity index (χ0) is 25.5. The molecule has 2 aliphatic rings. The van der Waals surface area contributed by atoms with Gasteiger partial charge in [-0.2, -0.15) is 4.31 Å². The Balaban J connectivity index is 1.40. The Labute approximate surface area is 208 Å². The molecule has 188 valence electrons. The number of anilines is 2. The molecule has 2 heterocycles. The van der Waals surface area contributed by atoms with Crippen molar-refractivity contribution in [2.24, 2.45) is 0 Å². The average Bonchev–Trinajstić information content (AvgIpc) is 3.16. The number of carbonyl (C=O) groups excluding carboxylic acids is 2. The minimum absolute atomic E-state index is 0.0120. The SMILES string of the molecule is CC(=O)N1c2ccc(S(=O)(=O)N(C)CC(=O)N3CCN(c4cccc(C)c4C)CC3)cc2CC1C. The first-order chi connectivity index (χ1) is 16.5. The third-order valence-electron chi connectivity index (χ3n) is 7.22. The number of likely N-dealkylation sites (N-methyl/N-ethyl adjacent to an activating group) is 1. The van der Waals surface area contributed by atoms with Crippen LogP contribution in [0.3, 0.4) is 0 Å². The Morgan fingerprint density at radius 1 is 1.03 bits per heavy atom. The number of carbonyl (C=O) groups is 2. The van der Waals surface area contributed by atoms with Crippen molar-refractivity contribution in [3.8, 4) is 0 Å². The number of sulfonamides is 1. The minimum Gasteiger partial charge on any atom is -0.368 e. The summed E-state index contributed by atoms with van der Waals surface area (Å²) in [6, 6.07) is 11.1. The third kappa shape index (κ3) is 4.79. The van der Waals surface area contributed by atoms with E-state index in [2.05, 4.69) is 30.9 Å². The van der Waals surface area contributed by atoms with Crippen molar-refractivity contribution in [2.75, 3.05) is 49.6 Å². The van der Waals surface area contributed by atoms with E-state index in [-0.39, 0.29) is 29.3 Å². The van der Waals surface area contributed by atoms with E-state index < -0.39 is 10.0 Å². The Morgan fingerprint density at radius 3 is 2.37 bits per heavy atom. The van der Waals surface area contributed by atoms with Crippen molar-refractivity contribution >= 4 is 33.2 Å². The van der Waals surface area contributed by atoms with Gasteiger partial charge in [-0.1, -0.05) is 12.1 Å². The second kappa shape index (κ2) is 9.62.